The van der Waals surface area contributed by atoms with E-state index in [2.05, 4.69) is 42.0 Å². The van der Waals surface area contributed by atoms with E-state index in [1.807, 2.05) is 13.2 Å². The third-order valence-electron chi connectivity index (χ3n) is 3.21. The van der Waals surface area contributed by atoms with Crippen molar-refractivity contribution in [1.29, 1.82) is 0 Å². The maximum atomic E-state index is 5.76. The van der Waals surface area contributed by atoms with Crippen molar-refractivity contribution in [1.82, 2.24) is 10.3 Å². The first-order valence-corrected chi connectivity index (χ1v) is 6.60. The molecule has 0 radical (unpaired) electrons. The molecule has 0 saturated carbocycles. The van der Waals surface area contributed by atoms with E-state index in [1.165, 1.54) is 11.1 Å². The molecule has 2 atom stereocenters. The Kier molecular flexibility index (Phi) is 4.19. The molecule has 0 amide bonds. The van der Waals surface area contributed by atoms with E-state index in [9.17, 15) is 0 Å². The van der Waals surface area contributed by atoms with Gasteiger partial charge in [0.25, 0.3) is 0 Å². The number of nitrogens with zero attached hydrogens (tertiary/aromatic N) is 2. The monoisotopic (exact) mass is 249 g/mol. The molecule has 1 aliphatic heterocycles. The number of ether oxygens (including phenoxy) is 1. The van der Waals surface area contributed by atoms with Crippen LogP contribution >= 0.6 is 0 Å². The fourth-order valence-corrected chi connectivity index (χ4v) is 2.61. The smallest absolute Gasteiger partial charge is 0.131 e. The summed E-state index contributed by atoms with van der Waals surface area (Å²) in [6.45, 7) is 9.07. The summed E-state index contributed by atoms with van der Waals surface area (Å²) in [6.07, 6.45) is 2.50. The average molecular weight is 249 g/mol. The van der Waals surface area contributed by atoms with Crippen molar-refractivity contribution in [3.8, 4) is 0 Å². The molecule has 0 aliphatic carbocycles. The molecular weight excluding hydrogens is 226 g/mol. The SMILES string of the molecule is CNCc1cnc(N2C[C@@H](C)O[C@@H](C)C2)c(C)c1. The Morgan fingerprint density at radius 3 is 2.61 bits per heavy atom. The van der Waals surface area contributed by atoms with Crippen LogP contribution in [-0.4, -0.2) is 37.3 Å². The summed E-state index contributed by atoms with van der Waals surface area (Å²) in [5, 5.41) is 3.15. The highest BCUT2D eigenvalue weighted by molar-refractivity contribution is 5.48. The Bertz CT molecular complexity index is 398. The van der Waals surface area contributed by atoms with Gasteiger partial charge in [-0.2, -0.15) is 0 Å². The molecule has 4 nitrogen and oxygen atoms in total. The Morgan fingerprint density at radius 1 is 1.39 bits per heavy atom. The average Bonchev–Trinajstić information content (AvgIpc) is 2.28. The lowest BCUT2D eigenvalue weighted by Gasteiger charge is -2.36. The fourth-order valence-electron chi connectivity index (χ4n) is 2.61. The number of hydrogen-bond acceptors (Lipinski definition) is 4. The highest BCUT2D eigenvalue weighted by Crippen LogP contribution is 2.22. The molecule has 1 saturated heterocycles. The number of aryl methyl sites for hydroxylation is 1. The molecule has 2 heterocycles. The second-order valence-electron chi connectivity index (χ2n) is 5.18. The number of aromatic nitrogens is 1. The molecule has 0 unspecified atom stereocenters. The van der Waals surface area contributed by atoms with Gasteiger partial charge in [0.05, 0.1) is 12.2 Å². The molecule has 0 aromatic carbocycles. The predicted molar refractivity (Wildman–Crippen MR) is 74.0 cm³/mol. The topological polar surface area (TPSA) is 37.4 Å². The van der Waals surface area contributed by atoms with Gasteiger partial charge < -0.3 is 15.0 Å². The second kappa shape index (κ2) is 5.67. The fraction of sp³-hybridized carbons (Fsp3) is 0.643. The van der Waals surface area contributed by atoms with E-state index in [4.69, 9.17) is 4.74 Å². The van der Waals surface area contributed by atoms with Gasteiger partial charge in [0.15, 0.2) is 0 Å². The van der Waals surface area contributed by atoms with E-state index >= 15 is 0 Å². The largest absolute Gasteiger partial charge is 0.372 e. The Labute approximate surface area is 109 Å². The first kappa shape index (κ1) is 13.3. The lowest BCUT2D eigenvalue weighted by molar-refractivity contribution is -0.00549. The standard InChI is InChI=1S/C14H23N3O/c1-10-5-13(6-15-4)7-16-14(10)17-8-11(2)18-12(3)9-17/h5,7,11-12,15H,6,8-9H2,1-4H3/t11-,12+. The number of pyridine rings is 1. The van der Waals surface area contributed by atoms with Gasteiger partial charge in [-0.15, -0.1) is 0 Å². The van der Waals surface area contributed by atoms with Gasteiger partial charge >= 0.3 is 0 Å². The van der Waals surface area contributed by atoms with Crippen LogP contribution in [0.25, 0.3) is 0 Å². The number of rotatable bonds is 3. The molecule has 100 valence electrons. The van der Waals surface area contributed by atoms with Crippen molar-refractivity contribution < 1.29 is 4.74 Å². The van der Waals surface area contributed by atoms with Gasteiger partial charge in [-0.3, -0.25) is 0 Å². The molecule has 1 aliphatic rings. The highest BCUT2D eigenvalue weighted by atomic mass is 16.5. The second-order valence-corrected chi connectivity index (χ2v) is 5.18. The first-order chi connectivity index (χ1) is 8.60. The molecule has 4 heteroatoms. The molecule has 0 spiro atoms. The first-order valence-electron chi connectivity index (χ1n) is 6.60. The van der Waals surface area contributed by atoms with Gasteiger partial charge in [-0.1, -0.05) is 0 Å². The molecule has 2 rings (SSSR count). The van der Waals surface area contributed by atoms with Crippen LogP contribution in [0.3, 0.4) is 0 Å². The van der Waals surface area contributed by atoms with E-state index in [0.29, 0.717) is 0 Å². The molecule has 1 aromatic rings. The summed E-state index contributed by atoms with van der Waals surface area (Å²) < 4.78 is 5.76. The van der Waals surface area contributed by atoms with Crippen molar-refractivity contribution >= 4 is 5.82 Å². The maximum Gasteiger partial charge on any atom is 0.131 e. The van der Waals surface area contributed by atoms with Gasteiger partial charge in [-0.05, 0) is 45.0 Å². The Balaban J connectivity index is 2.17. The van der Waals surface area contributed by atoms with Gasteiger partial charge in [0, 0.05) is 25.8 Å². The van der Waals surface area contributed by atoms with Crippen LogP contribution in [0.5, 0.6) is 0 Å². The number of nitrogens with one attached hydrogen (secondary N) is 1. The number of hydrogen-bond donors (Lipinski definition) is 1. The van der Waals surface area contributed by atoms with Crippen LogP contribution in [0.15, 0.2) is 12.3 Å². The van der Waals surface area contributed by atoms with Crippen LogP contribution < -0.4 is 10.2 Å². The summed E-state index contributed by atoms with van der Waals surface area (Å²) in [5.74, 6) is 1.09. The normalized spacial score (nSPS) is 24.3. The minimum absolute atomic E-state index is 0.270. The van der Waals surface area contributed by atoms with Crippen LogP contribution in [0.1, 0.15) is 25.0 Å². The van der Waals surface area contributed by atoms with Crippen LogP contribution in [-0.2, 0) is 11.3 Å². The zero-order valence-corrected chi connectivity index (χ0v) is 11.7. The van der Waals surface area contributed by atoms with Crippen molar-refractivity contribution in [2.45, 2.75) is 39.5 Å². The molecule has 18 heavy (non-hydrogen) atoms. The molecule has 0 bridgehead atoms. The molecule has 1 aromatic heterocycles. The third kappa shape index (κ3) is 3.00. The van der Waals surface area contributed by atoms with Gasteiger partial charge in [0.1, 0.15) is 5.82 Å². The van der Waals surface area contributed by atoms with Crippen molar-refractivity contribution in [3.63, 3.8) is 0 Å². The lowest BCUT2D eigenvalue weighted by Crippen LogP contribution is -2.46. The van der Waals surface area contributed by atoms with Crippen LogP contribution in [0.4, 0.5) is 5.82 Å². The Morgan fingerprint density at radius 2 is 2.06 bits per heavy atom. The minimum atomic E-state index is 0.270. The zero-order valence-electron chi connectivity index (χ0n) is 11.7. The van der Waals surface area contributed by atoms with Crippen LogP contribution in [0.2, 0.25) is 0 Å². The summed E-state index contributed by atoms with van der Waals surface area (Å²) in [7, 11) is 1.95. The van der Waals surface area contributed by atoms with Gasteiger partial charge in [0.2, 0.25) is 0 Å². The zero-order chi connectivity index (χ0) is 13.1. The number of anilines is 1. The van der Waals surface area contributed by atoms with Crippen molar-refractivity contribution in [3.05, 3.63) is 23.4 Å². The van der Waals surface area contributed by atoms with Crippen LogP contribution in [0, 0.1) is 6.92 Å². The van der Waals surface area contributed by atoms with E-state index in [-0.39, 0.29) is 12.2 Å². The van der Waals surface area contributed by atoms with Gasteiger partial charge in [-0.25, -0.2) is 4.98 Å². The predicted octanol–water partition coefficient (Wildman–Crippen LogP) is 1.72. The van der Waals surface area contributed by atoms with Crippen molar-refractivity contribution in [2.75, 3.05) is 25.0 Å². The quantitative estimate of drug-likeness (QED) is 0.885. The Hall–Kier alpha value is -1.13. The highest BCUT2D eigenvalue weighted by Gasteiger charge is 2.24. The third-order valence-corrected chi connectivity index (χ3v) is 3.21. The van der Waals surface area contributed by atoms with E-state index < -0.39 is 0 Å². The molecule has 1 N–H and O–H groups in total. The summed E-state index contributed by atoms with van der Waals surface area (Å²) in [5.41, 5.74) is 2.47. The summed E-state index contributed by atoms with van der Waals surface area (Å²) >= 11 is 0. The number of morpholine rings is 1. The van der Waals surface area contributed by atoms with E-state index in [0.717, 1.165) is 25.5 Å². The molecule has 1 fully saturated rings. The summed E-state index contributed by atoms with van der Waals surface area (Å²) in [6, 6.07) is 2.21. The minimum Gasteiger partial charge on any atom is -0.372 e. The lowest BCUT2D eigenvalue weighted by atomic mass is 10.1. The van der Waals surface area contributed by atoms with Crippen molar-refractivity contribution in [2.24, 2.45) is 0 Å². The van der Waals surface area contributed by atoms with E-state index in [1.54, 1.807) is 0 Å². The maximum absolute atomic E-state index is 5.76. The summed E-state index contributed by atoms with van der Waals surface area (Å²) in [4.78, 5) is 6.95. The molecular formula is C14H23N3O.